The first-order chi connectivity index (χ1) is 19.4. The van der Waals surface area contributed by atoms with Gasteiger partial charge in [0.05, 0.1) is 5.69 Å². The average molecular weight is 541 g/mol. The minimum atomic E-state index is 0.0743. The van der Waals surface area contributed by atoms with Crippen molar-refractivity contribution >= 4 is 0 Å². The number of rotatable bonds is 5. The van der Waals surface area contributed by atoms with Gasteiger partial charge in [0.1, 0.15) is 0 Å². The number of aromatic nitrogens is 4. The van der Waals surface area contributed by atoms with Crippen LogP contribution in [-0.4, -0.2) is 19.9 Å². The van der Waals surface area contributed by atoms with Gasteiger partial charge in [-0.15, -0.1) is 0 Å². The van der Waals surface area contributed by atoms with Gasteiger partial charge < -0.3 is 0 Å². The van der Waals surface area contributed by atoms with Crippen molar-refractivity contribution in [1.82, 2.24) is 19.9 Å². The zero-order valence-electron chi connectivity index (χ0n) is 25.5. The lowest BCUT2D eigenvalue weighted by atomic mass is 9.86. The molecule has 0 amide bonds. The normalized spacial score (nSPS) is 12.1. The van der Waals surface area contributed by atoms with Crippen LogP contribution in [0.2, 0.25) is 0 Å². The molecule has 5 rings (SSSR count). The predicted molar refractivity (Wildman–Crippen MR) is 171 cm³/mol. The minimum absolute atomic E-state index is 0.0743. The number of nitrogens with zero attached hydrogens (tertiary/aromatic N) is 4. The first-order valence-corrected chi connectivity index (χ1v) is 14.4. The van der Waals surface area contributed by atoms with E-state index in [1.807, 2.05) is 12.3 Å². The summed E-state index contributed by atoms with van der Waals surface area (Å²) in [4.78, 5) is 19.6. The number of hydrogen-bond acceptors (Lipinski definition) is 4. The molecule has 0 aliphatic heterocycles. The molecular formula is C37H40N4. The molecule has 0 N–H and O–H groups in total. The van der Waals surface area contributed by atoms with Crippen molar-refractivity contribution in [2.75, 3.05) is 0 Å². The SMILES string of the molecule is CC(C)c1cccc(-c2ccc(-c3nc(-c4ccc(C(C)(C)C)cc4)nc(-c4ccc(C(C)(C)C)cc4)n3)cn2)c1. The number of benzene rings is 3. The van der Waals surface area contributed by atoms with Gasteiger partial charge in [0.15, 0.2) is 17.5 Å². The molecule has 2 aromatic heterocycles. The molecule has 41 heavy (non-hydrogen) atoms. The van der Waals surface area contributed by atoms with Crippen molar-refractivity contribution in [2.45, 2.75) is 72.1 Å². The Hall–Kier alpha value is -4.18. The molecule has 0 aliphatic rings. The van der Waals surface area contributed by atoms with Crippen LogP contribution in [0.3, 0.4) is 0 Å². The van der Waals surface area contributed by atoms with Gasteiger partial charge in [-0.2, -0.15) is 0 Å². The Morgan fingerprint density at radius 2 is 0.976 bits per heavy atom. The molecule has 0 unspecified atom stereocenters. The molecule has 0 saturated carbocycles. The summed E-state index contributed by atoms with van der Waals surface area (Å²) in [6.45, 7) is 17.7. The standard InChI is InChI=1S/C37H40N4/c1-24(2)27-10-9-11-28(22-27)32-21-16-29(23-38-32)35-40-33(25-12-17-30(18-13-25)36(3,4)5)39-34(41-35)26-14-19-31(20-15-26)37(6,7)8/h9-24H,1-8H3. The second-order valence-electron chi connectivity index (χ2n) is 13.2. The molecule has 0 bridgehead atoms. The summed E-state index contributed by atoms with van der Waals surface area (Å²) in [5.41, 5.74) is 8.82. The summed E-state index contributed by atoms with van der Waals surface area (Å²) in [6.07, 6.45) is 1.87. The molecule has 0 radical (unpaired) electrons. The fourth-order valence-electron chi connectivity index (χ4n) is 4.76. The molecule has 0 fully saturated rings. The molecule has 4 nitrogen and oxygen atoms in total. The molecule has 208 valence electrons. The van der Waals surface area contributed by atoms with E-state index >= 15 is 0 Å². The number of hydrogen-bond donors (Lipinski definition) is 0. The molecule has 0 atom stereocenters. The van der Waals surface area contributed by atoms with Crippen molar-refractivity contribution in [1.29, 1.82) is 0 Å². The fourth-order valence-corrected chi connectivity index (χ4v) is 4.76. The Kier molecular flexibility index (Phi) is 7.61. The van der Waals surface area contributed by atoms with E-state index in [1.54, 1.807) is 0 Å². The molecule has 0 spiro atoms. The lowest BCUT2D eigenvalue weighted by molar-refractivity contribution is 0.590. The zero-order valence-corrected chi connectivity index (χ0v) is 25.5. The summed E-state index contributed by atoms with van der Waals surface area (Å²) >= 11 is 0. The third-order valence-corrected chi connectivity index (χ3v) is 7.52. The van der Waals surface area contributed by atoms with Crippen molar-refractivity contribution < 1.29 is 0 Å². The zero-order chi connectivity index (χ0) is 29.4. The van der Waals surface area contributed by atoms with Crippen LogP contribution >= 0.6 is 0 Å². The van der Waals surface area contributed by atoms with Crippen LogP contribution < -0.4 is 0 Å². The summed E-state index contributed by atoms with van der Waals surface area (Å²) in [5, 5.41) is 0. The van der Waals surface area contributed by atoms with Crippen LogP contribution in [-0.2, 0) is 10.8 Å². The Morgan fingerprint density at radius 1 is 0.512 bits per heavy atom. The molecule has 2 heterocycles. The van der Waals surface area contributed by atoms with Gasteiger partial charge in [-0.05, 0) is 51.6 Å². The van der Waals surface area contributed by atoms with E-state index in [2.05, 4.69) is 134 Å². The molecule has 5 aromatic rings. The molecule has 0 saturated heterocycles. The van der Waals surface area contributed by atoms with E-state index < -0.39 is 0 Å². The van der Waals surface area contributed by atoms with Crippen LogP contribution in [0.25, 0.3) is 45.4 Å². The van der Waals surface area contributed by atoms with E-state index in [4.69, 9.17) is 19.9 Å². The highest BCUT2D eigenvalue weighted by molar-refractivity contribution is 5.68. The van der Waals surface area contributed by atoms with E-state index in [0.29, 0.717) is 23.4 Å². The third-order valence-electron chi connectivity index (χ3n) is 7.52. The van der Waals surface area contributed by atoms with Crippen LogP contribution in [0.5, 0.6) is 0 Å². The molecule has 3 aromatic carbocycles. The Bertz CT molecular complexity index is 1560. The molecule has 0 aliphatic carbocycles. The minimum Gasteiger partial charge on any atom is -0.255 e. The van der Waals surface area contributed by atoms with Gasteiger partial charge in [0.25, 0.3) is 0 Å². The maximum Gasteiger partial charge on any atom is 0.165 e. The second kappa shape index (κ2) is 11.0. The van der Waals surface area contributed by atoms with Crippen LogP contribution in [0.15, 0.2) is 91.1 Å². The molecular weight excluding hydrogens is 500 g/mol. The van der Waals surface area contributed by atoms with Gasteiger partial charge in [0, 0.05) is 28.5 Å². The Morgan fingerprint density at radius 3 is 1.39 bits per heavy atom. The van der Waals surface area contributed by atoms with E-state index in [-0.39, 0.29) is 10.8 Å². The Labute approximate surface area is 245 Å². The van der Waals surface area contributed by atoms with Gasteiger partial charge in [-0.25, -0.2) is 15.0 Å². The van der Waals surface area contributed by atoms with Crippen LogP contribution in [0.4, 0.5) is 0 Å². The van der Waals surface area contributed by atoms with Gasteiger partial charge in [-0.1, -0.05) is 122 Å². The molecule has 4 heteroatoms. The monoisotopic (exact) mass is 540 g/mol. The highest BCUT2D eigenvalue weighted by Gasteiger charge is 2.17. The smallest absolute Gasteiger partial charge is 0.165 e. The summed E-state index contributed by atoms with van der Waals surface area (Å²) in [6, 6.07) is 29.8. The van der Waals surface area contributed by atoms with Gasteiger partial charge >= 0.3 is 0 Å². The van der Waals surface area contributed by atoms with Gasteiger partial charge in [0.2, 0.25) is 0 Å². The quantitative estimate of drug-likeness (QED) is 0.223. The first-order valence-electron chi connectivity index (χ1n) is 14.4. The average Bonchev–Trinajstić information content (AvgIpc) is 2.96. The van der Waals surface area contributed by atoms with Crippen molar-refractivity contribution in [2.24, 2.45) is 0 Å². The summed E-state index contributed by atoms with van der Waals surface area (Å²) < 4.78 is 0. The van der Waals surface area contributed by atoms with Crippen molar-refractivity contribution in [3.63, 3.8) is 0 Å². The van der Waals surface area contributed by atoms with Crippen molar-refractivity contribution in [3.05, 3.63) is 108 Å². The highest BCUT2D eigenvalue weighted by Crippen LogP contribution is 2.30. The lowest BCUT2D eigenvalue weighted by Crippen LogP contribution is -2.10. The first kappa shape index (κ1) is 28.4. The highest BCUT2D eigenvalue weighted by atomic mass is 15.0. The number of pyridine rings is 1. The summed E-state index contributed by atoms with van der Waals surface area (Å²) in [5.74, 6) is 2.38. The largest absolute Gasteiger partial charge is 0.255 e. The van der Waals surface area contributed by atoms with Gasteiger partial charge in [-0.3, -0.25) is 4.98 Å². The topological polar surface area (TPSA) is 51.6 Å². The van der Waals surface area contributed by atoms with Crippen LogP contribution in [0, 0.1) is 0 Å². The van der Waals surface area contributed by atoms with Crippen molar-refractivity contribution in [3.8, 4) is 45.4 Å². The Balaban J connectivity index is 1.57. The second-order valence-corrected chi connectivity index (χ2v) is 13.2. The maximum atomic E-state index is 4.93. The summed E-state index contributed by atoms with van der Waals surface area (Å²) in [7, 11) is 0. The predicted octanol–water partition coefficient (Wildman–Crippen LogP) is 9.65. The fraction of sp³-hybridized carbons (Fsp3) is 0.297. The third kappa shape index (κ3) is 6.43. The van der Waals surface area contributed by atoms with E-state index in [0.717, 1.165) is 27.9 Å². The van der Waals surface area contributed by atoms with Crippen LogP contribution in [0.1, 0.15) is 78.0 Å². The maximum absolute atomic E-state index is 4.93. The lowest BCUT2D eigenvalue weighted by Gasteiger charge is -2.19. The van der Waals surface area contributed by atoms with E-state index in [1.165, 1.54) is 16.7 Å². The van der Waals surface area contributed by atoms with E-state index in [9.17, 15) is 0 Å².